The van der Waals surface area contributed by atoms with Crippen LogP contribution in [-0.2, 0) is 10.0 Å². The lowest BCUT2D eigenvalue weighted by Crippen LogP contribution is -2.43. The smallest absolute Gasteiger partial charge is 0.287 e. The van der Waals surface area contributed by atoms with Crippen molar-refractivity contribution in [3.05, 3.63) is 16.5 Å². The summed E-state index contributed by atoms with van der Waals surface area (Å²) in [4.78, 5) is 11.8. The molecule has 0 aromatic carbocycles. The van der Waals surface area contributed by atoms with Gasteiger partial charge in [-0.15, -0.1) is 0 Å². The molecule has 1 heterocycles. The Bertz CT molecular complexity index is 602. The van der Waals surface area contributed by atoms with Gasteiger partial charge in [0.25, 0.3) is 5.91 Å². The first-order valence-electron chi connectivity index (χ1n) is 5.86. The van der Waals surface area contributed by atoms with E-state index >= 15 is 0 Å². The second kappa shape index (κ2) is 4.92. The number of halogens is 1. The number of primary sulfonamides is 1. The normalized spacial score (nSPS) is 18.5. The van der Waals surface area contributed by atoms with E-state index in [1.54, 1.807) is 0 Å². The molecule has 0 saturated heterocycles. The summed E-state index contributed by atoms with van der Waals surface area (Å²) in [6.07, 6.45) is 3.95. The zero-order chi connectivity index (χ0) is 14.3. The third-order valence-electron chi connectivity index (χ3n) is 3.31. The largest absolute Gasteiger partial charge is 0.443 e. The van der Waals surface area contributed by atoms with E-state index in [9.17, 15) is 13.2 Å². The van der Waals surface area contributed by atoms with Gasteiger partial charge in [-0.1, -0.05) is 12.8 Å². The van der Waals surface area contributed by atoms with Crippen LogP contribution in [0.1, 0.15) is 43.2 Å². The number of nitrogens with two attached hydrogens (primary N) is 1. The third-order valence-corrected chi connectivity index (χ3v) is 5.08. The standard InChI is InChI=1S/C11H15BrN2O4S/c1-11(4-2-3-5-11)14-10(15)7-6-8(9(12)18-7)19(13,16)17/h6H,2-5H2,1H3,(H,14,15)(H2,13,16,17). The average Bonchev–Trinajstić information content (AvgIpc) is 2.84. The van der Waals surface area contributed by atoms with E-state index in [4.69, 9.17) is 9.56 Å². The van der Waals surface area contributed by atoms with Crippen molar-refractivity contribution >= 4 is 31.9 Å². The minimum Gasteiger partial charge on any atom is -0.443 e. The fourth-order valence-corrected chi connectivity index (χ4v) is 3.78. The number of nitrogens with one attached hydrogen (secondary N) is 1. The summed E-state index contributed by atoms with van der Waals surface area (Å²) in [6.45, 7) is 1.97. The minimum absolute atomic E-state index is 0.0586. The first-order valence-corrected chi connectivity index (χ1v) is 8.20. The van der Waals surface area contributed by atoms with Crippen molar-refractivity contribution in [1.82, 2.24) is 5.32 Å². The summed E-state index contributed by atoms with van der Waals surface area (Å²) in [5.41, 5.74) is -0.252. The molecule has 1 aliphatic carbocycles. The number of hydrogen-bond donors (Lipinski definition) is 2. The van der Waals surface area contributed by atoms with Gasteiger partial charge in [0.05, 0.1) is 0 Å². The lowest BCUT2D eigenvalue weighted by Gasteiger charge is -2.24. The maximum absolute atomic E-state index is 12.0. The van der Waals surface area contributed by atoms with Gasteiger partial charge < -0.3 is 9.73 Å². The quantitative estimate of drug-likeness (QED) is 0.866. The fourth-order valence-electron chi connectivity index (χ4n) is 2.27. The van der Waals surface area contributed by atoms with Gasteiger partial charge in [0, 0.05) is 11.6 Å². The average molecular weight is 351 g/mol. The number of hydrogen-bond acceptors (Lipinski definition) is 4. The van der Waals surface area contributed by atoms with Crippen molar-refractivity contribution < 1.29 is 17.6 Å². The summed E-state index contributed by atoms with van der Waals surface area (Å²) in [6, 6.07) is 1.13. The van der Waals surface area contributed by atoms with Gasteiger partial charge in [-0.25, -0.2) is 13.6 Å². The predicted molar refractivity (Wildman–Crippen MR) is 72.1 cm³/mol. The zero-order valence-corrected chi connectivity index (χ0v) is 12.8. The Morgan fingerprint density at radius 1 is 1.47 bits per heavy atom. The molecule has 1 fully saturated rings. The molecule has 1 aromatic rings. The molecule has 8 heteroatoms. The highest BCUT2D eigenvalue weighted by Crippen LogP contribution is 2.30. The van der Waals surface area contributed by atoms with Crippen molar-refractivity contribution in [3.63, 3.8) is 0 Å². The van der Waals surface area contributed by atoms with Crippen LogP contribution in [0.4, 0.5) is 0 Å². The number of furan rings is 1. The Morgan fingerprint density at radius 3 is 2.53 bits per heavy atom. The van der Waals surface area contributed by atoms with Crippen molar-refractivity contribution in [2.75, 3.05) is 0 Å². The van der Waals surface area contributed by atoms with Crippen LogP contribution in [0.3, 0.4) is 0 Å². The maximum atomic E-state index is 12.0. The van der Waals surface area contributed by atoms with Crippen molar-refractivity contribution in [2.45, 2.75) is 43.0 Å². The predicted octanol–water partition coefficient (Wildman–Crippen LogP) is 1.75. The van der Waals surface area contributed by atoms with Gasteiger partial charge in [-0.3, -0.25) is 4.79 Å². The van der Waals surface area contributed by atoms with Crippen molar-refractivity contribution in [1.29, 1.82) is 0 Å². The van der Waals surface area contributed by atoms with Crippen molar-refractivity contribution in [2.24, 2.45) is 5.14 Å². The second-order valence-corrected chi connectivity index (χ2v) is 7.27. The Balaban J connectivity index is 2.21. The number of sulfonamides is 1. The van der Waals surface area contributed by atoms with Crippen LogP contribution in [0, 0.1) is 0 Å². The molecule has 1 amide bonds. The van der Waals surface area contributed by atoms with E-state index in [0.717, 1.165) is 31.7 Å². The van der Waals surface area contributed by atoms with Gasteiger partial charge in [-0.05, 0) is 35.7 Å². The molecule has 0 radical (unpaired) electrons. The molecule has 1 saturated carbocycles. The summed E-state index contributed by atoms with van der Waals surface area (Å²) in [5, 5.41) is 7.89. The maximum Gasteiger partial charge on any atom is 0.287 e. The molecule has 1 aromatic heterocycles. The molecule has 0 spiro atoms. The van der Waals surface area contributed by atoms with Gasteiger partial charge in [0.15, 0.2) is 10.4 Å². The van der Waals surface area contributed by atoms with Crippen LogP contribution in [0.5, 0.6) is 0 Å². The summed E-state index contributed by atoms with van der Waals surface area (Å²) in [5.74, 6) is -0.496. The first kappa shape index (κ1) is 14.5. The number of amides is 1. The molecule has 1 aliphatic rings. The van der Waals surface area contributed by atoms with Crippen molar-refractivity contribution in [3.8, 4) is 0 Å². The van der Waals surface area contributed by atoms with Gasteiger partial charge in [0.1, 0.15) is 4.90 Å². The Hall–Kier alpha value is -0.860. The van der Waals surface area contributed by atoms with Crippen LogP contribution in [0.2, 0.25) is 0 Å². The lowest BCUT2D eigenvalue weighted by atomic mass is 10.0. The summed E-state index contributed by atoms with van der Waals surface area (Å²) in [7, 11) is -3.91. The third kappa shape index (κ3) is 3.18. The number of rotatable bonds is 3. The molecule has 0 unspecified atom stereocenters. The molecular weight excluding hydrogens is 336 g/mol. The monoisotopic (exact) mass is 350 g/mol. The molecule has 0 atom stereocenters. The topological polar surface area (TPSA) is 102 Å². The van der Waals surface area contributed by atoms with E-state index in [-0.39, 0.29) is 20.9 Å². The molecule has 3 N–H and O–H groups in total. The zero-order valence-electron chi connectivity index (χ0n) is 10.4. The van der Waals surface area contributed by atoms with E-state index < -0.39 is 15.9 Å². The van der Waals surface area contributed by atoms with Crippen LogP contribution in [-0.4, -0.2) is 19.9 Å². The van der Waals surface area contributed by atoms with Crippen LogP contribution >= 0.6 is 15.9 Å². The van der Waals surface area contributed by atoms with Gasteiger partial charge >= 0.3 is 0 Å². The number of carbonyl (C=O) groups excluding carboxylic acids is 1. The summed E-state index contributed by atoms with van der Waals surface area (Å²) >= 11 is 2.94. The van der Waals surface area contributed by atoms with E-state index in [1.807, 2.05) is 6.92 Å². The van der Waals surface area contributed by atoms with Gasteiger partial charge in [-0.2, -0.15) is 0 Å². The Labute approximate surface area is 119 Å². The highest BCUT2D eigenvalue weighted by Gasteiger charge is 2.32. The SMILES string of the molecule is CC1(NC(=O)c2cc(S(N)(=O)=O)c(Br)o2)CCCC1. The Kier molecular flexibility index (Phi) is 3.76. The van der Waals surface area contributed by atoms with Crippen LogP contribution in [0.15, 0.2) is 20.0 Å². The van der Waals surface area contributed by atoms with Crippen LogP contribution in [0.25, 0.3) is 0 Å². The first-order chi connectivity index (χ1) is 8.71. The van der Waals surface area contributed by atoms with E-state index in [0.29, 0.717) is 0 Å². The molecule has 106 valence electrons. The minimum atomic E-state index is -3.91. The molecule has 19 heavy (non-hydrogen) atoms. The highest BCUT2D eigenvalue weighted by atomic mass is 79.9. The van der Waals surface area contributed by atoms with Crippen LogP contribution < -0.4 is 10.5 Å². The van der Waals surface area contributed by atoms with E-state index in [1.165, 1.54) is 0 Å². The molecule has 2 rings (SSSR count). The highest BCUT2D eigenvalue weighted by molar-refractivity contribution is 9.10. The van der Waals surface area contributed by atoms with Gasteiger partial charge in [0.2, 0.25) is 10.0 Å². The molecule has 0 aliphatic heterocycles. The summed E-state index contributed by atoms with van der Waals surface area (Å²) < 4.78 is 27.6. The Morgan fingerprint density at radius 2 is 2.05 bits per heavy atom. The van der Waals surface area contributed by atoms with E-state index in [2.05, 4.69) is 21.2 Å². The molecular formula is C11H15BrN2O4S. The molecule has 0 bridgehead atoms. The number of carbonyl (C=O) groups is 1. The molecule has 6 nitrogen and oxygen atoms in total. The lowest BCUT2D eigenvalue weighted by molar-refractivity contribution is 0.0878. The fraction of sp³-hybridized carbons (Fsp3) is 0.545. The second-order valence-electron chi connectivity index (χ2n) is 5.02.